The van der Waals surface area contributed by atoms with E-state index in [1.807, 2.05) is 0 Å². The molecule has 2 nitrogen and oxygen atoms in total. The van der Waals surface area contributed by atoms with E-state index in [9.17, 15) is 0 Å². The number of hydrogen-bond acceptors (Lipinski definition) is 2. The van der Waals surface area contributed by atoms with Gasteiger partial charge in [0, 0.05) is 13.0 Å². The van der Waals surface area contributed by atoms with Crippen molar-refractivity contribution in [1.82, 2.24) is 10.2 Å². The normalized spacial score (nSPS) is 10.5. The zero-order valence-electron chi connectivity index (χ0n) is 11.4. The minimum atomic E-state index is 0.876. The highest BCUT2D eigenvalue weighted by Gasteiger charge is 1.99. The highest BCUT2D eigenvalue weighted by molar-refractivity contribution is 5.14. The Morgan fingerprint density at radius 2 is 1.89 bits per heavy atom. The van der Waals surface area contributed by atoms with Crippen LogP contribution in [0.3, 0.4) is 0 Å². The van der Waals surface area contributed by atoms with Crippen molar-refractivity contribution in [2.75, 3.05) is 26.7 Å². The lowest BCUT2D eigenvalue weighted by Crippen LogP contribution is -2.24. The van der Waals surface area contributed by atoms with E-state index in [0.29, 0.717) is 0 Å². The Kier molecular flexibility index (Phi) is 7.96. The summed E-state index contributed by atoms with van der Waals surface area (Å²) in [7, 11) is 2.17. The van der Waals surface area contributed by atoms with E-state index in [1.165, 1.54) is 12.0 Å². The Morgan fingerprint density at radius 1 is 1.17 bits per heavy atom. The van der Waals surface area contributed by atoms with Crippen LogP contribution in [0.4, 0.5) is 0 Å². The van der Waals surface area contributed by atoms with Gasteiger partial charge in [0.05, 0.1) is 0 Å². The van der Waals surface area contributed by atoms with Crippen molar-refractivity contribution in [3.05, 3.63) is 35.9 Å². The number of rotatable bonds is 9. The maximum Gasteiger partial charge on any atom is 0.0230 e. The molecule has 0 heterocycles. The fourth-order valence-electron chi connectivity index (χ4n) is 1.89. The minimum Gasteiger partial charge on any atom is -0.317 e. The van der Waals surface area contributed by atoms with Crippen LogP contribution in [-0.4, -0.2) is 31.6 Å². The van der Waals surface area contributed by atoms with Crippen molar-refractivity contribution in [1.29, 1.82) is 0 Å². The molecule has 1 aromatic rings. The van der Waals surface area contributed by atoms with Gasteiger partial charge in [0.25, 0.3) is 0 Å². The molecule has 0 unspecified atom stereocenters. The van der Waals surface area contributed by atoms with Crippen LogP contribution in [-0.2, 0) is 6.54 Å². The maximum absolute atomic E-state index is 5.20. The summed E-state index contributed by atoms with van der Waals surface area (Å²) >= 11 is 0. The minimum absolute atomic E-state index is 0.876. The zero-order chi connectivity index (χ0) is 13.1. The largest absolute Gasteiger partial charge is 0.317 e. The predicted molar refractivity (Wildman–Crippen MR) is 78.3 cm³/mol. The van der Waals surface area contributed by atoms with Gasteiger partial charge in [0.15, 0.2) is 0 Å². The Morgan fingerprint density at radius 3 is 2.61 bits per heavy atom. The van der Waals surface area contributed by atoms with Crippen molar-refractivity contribution < 1.29 is 0 Å². The standard InChI is InChI=1S/C16H24N2/c1-3-4-8-12-17-13-9-14-18(2)15-16-10-6-5-7-11-16/h1,5-7,10-11,17H,4,8-9,12-15H2,2H3. The second-order valence-corrected chi connectivity index (χ2v) is 4.63. The number of terminal acetylenes is 1. The summed E-state index contributed by atoms with van der Waals surface area (Å²) in [6, 6.07) is 10.6. The fourth-order valence-corrected chi connectivity index (χ4v) is 1.89. The first-order chi connectivity index (χ1) is 8.83. The highest BCUT2D eigenvalue weighted by Crippen LogP contribution is 2.02. The molecule has 1 rings (SSSR count). The molecule has 0 spiro atoms. The Labute approximate surface area is 111 Å². The van der Waals surface area contributed by atoms with Crippen LogP contribution in [0.2, 0.25) is 0 Å². The molecule has 0 bridgehead atoms. The summed E-state index contributed by atoms with van der Waals surface area (Å²) in [6.07, 6.45) is 8.33. The van der Waals surface area contributed by atoms with Gasteiger partial charge >= 0.3 is 0 Å². The van der Waals surface area contributed by atoms with E-state index in [4.69, 9.17) is 6.42 Å². The van der Waals surface area contributed by atoms with Gasteiger partial charge in [0.1, 0.15) is 0 Å². The van der Waals surface area contributed by atoms with E-state index in [1.54, 1.807) is 0 Å². The van der Waals surface area contributed by atoms with Gasteiger partial charge in [-0.25, -0.2) is 0 Å². The molecular formula is C16H24N2. The third kappa shape index (κ3) is 7.11. The van der Waals surface area contributed by atoms with Crippen LogP contribution in [0.25, 0.3) is 0 Å². The molecule has 98 valence electrons. The summed E-state index contributed by atoms with van der Waals surface area (Å²) in [6.45, 7) is 4.26. The molecule has 1 N–H and O–H groups in total. The molecule has 0 radical (unpaired) electrons. The molecule has 0 fully saturated rings. The van der Waals surface area contributed by atoms with Gasteiger partial charge in [-0.1, -0.05) is 30.3 Å². The smallest absolute Gasteiger partial charge is 0.0230 e. The SMILES string of the molecule is C#CCCCNCCCN(C)Cc1ccccc1. The van der Waals surface area contributed by atoms with Crippen molar-refractivity contribution >= 4 is 0 Å². The summed E-state index contributed by atoms with van der Waals surface area (Å²) < 4.78 is 0. The summed E-state index contributed by atoms with van der Waals surface area (Å²) in [5.41, 5.74) is 1.38. The molecule has 0 atom stereocenters. The first kappa shape index (κ1) is 14.8. The third-order valence-electron chi connectivity index (χ3n) is 2.86. The van der Waals surface area contributed by atoms with Gasteiger partial charge in [-0.3, -0.25) is 0 Å². The predicted octanol–water partition coefficient (Wildman–Crippen LogP) is 2.51. The molecule has 2 heteroatoms. The second kappa shape index (κ2) is 9.70. The van der Waals surface area contributed by atoms with Gasteiger partial charge in [-0.05, 0) is 45.1 Å². The molecule has 0 aliphatic carbocycles. The molecule has 0 aromatic heterocycles. The first-order valence-electron chi connectivity index (χ1n) is 6.69. The van der Waals surface area contributed by atoms with E-state index in [0.717, 1.165) is 39.0 Å². The number of benzene rings is 1. The topological polar surface area (TPSA) is 15.3 Å². The summed E-state index contributed by atoms with van der Waals surface area (Å²) in [5, 5.41) is 3.42. The lowest BCUT2D eigenvalue weighted by Gasteiger charge is -2.16. The number of hydrogen-bond donors (Lipinski definition) is 1. The summed E-state index contributed by atoms with van der Waals surface area (Å²) in [5.74, 6) is 2.66. The third-order valence-corrected chi connectivity index (χ3v) is 2.86. The number of nitrogens with one attached hydrogen (secondary N) is 1. The van der Waals surface area contributed by atoms with E-state index >= 15 is 0 Å². The number of nitrogens with zero attached hydrogens (tertiary/aromatic N) is 1. The second-order valence-electron chi connectivity index (χ2n) is 4.63. The van der Waals surface area contributed by atoms with Gasteiger partial charge in [-0.2, -0.15) is 0 Å². The van der Waals surface area contributed by atoms with Crippen molar-refractivity contribution in [3.63, 3.8) is 0 Å². The molecule has 0 aliphatic heterocycles. The number of unbranched alkanes of at least 4 members (excludes halogenated alkanes) is 1. The zero-order valence-corrected chi connectivity index (χ0v) is 11.4. The Bertz CT molecular complexity index is 340. The Hall–Kier alpha value is -1.30. The lowest BCUT2D eigenvalue weighted by molar-refractivity contribution is 0.319. The molecule has 0 saturated heterocycles. The van der Waals surface area contributed by atoms with Crippen LogP contribution in [0.15, 0.2) is 30.3 Å². The highest BCUT2D eigenvalue weighted by atomic mass is 15.1. The van der Waals surface area contributed by atoms with E-state index in [-0.39, 0.29) is 0 Å². The molecule has 18 heavy (non-hydrogen) atoms. The quantitative estimate of drug-likeness (QED) is 0.530. The molecule has 0 aliphatic rings. The average molecular weight is 244 g/mol. The van der Waals surface area contributed by atoms with Crippen molar-refractivity contribution in [3.8, 4) is 12.3 Å². The lowest BCUT2D eigenvalue weighted by atomic mass is 10.2. The monoisotopic (exact) mass is 244 g/mol. The van der Waals surface area contributed by atoms with Crippen LogP contribution in [0.1, 0.15) is 24.8 Å². The molecular weight excluding hydrogens is 220 g/mol. The van der Waals surface area contributed by atoms with Gasteiger partial charge < -0.3 is 10.2 Å². The molecule has 0 saturated carbocycles. The fraction of sp³-hybridized carbons (Fsp3) is 0.500. The Balaban J connectivity index is 2.00. The van der Waals surface area contributed by atoms with E-state index in [2.05, 4.69) is 53.5 Å². The van der Waals surface area contributed by atoms with Crippen LogP contribution < -0.4 is 5.32 Å². The first-order valence-corrected chi connectivity index (χ1v) is 6.69. The van der Waals surface area contributed by atoms with Crippen LogP contribution >= 0.6 is 0 Å². The molecule has 0 amide bonds. The average Bonchev–Trinajstić information content (AvgIpc) is 2.39. The van der Waals surface area contributed by atoms with Crippen LogP contribution in [0, 0.1) is 12.3 Å². The van der Waals surface area contributed by atoms with Crippen molar-refractivity contribution in [2.45, 2.75) is 25.8 Å². The molecule has 1 aromatic carbocycles. The van der Waals surface area contributed by atoms with Crippen molar-refractivity contribution in [2.24, 2.45) is 0 Å². The maximum atomic E-state index is 5.20. The van der Waals surface area contributed by atoms with Gasteiger partial charge in [-0.15, -0.1) is 12.3 Å². The van der Waals surface area contributed by atoms with E-state index < -0.39 is 0 Å². The summed E-state index contributed by atoms with van der Waals surface area (Å²) in [4.78, 5) is 2.36. The van der Waals surface area contributed by atoms with Gasteiger partial charge in [0.2, 0.25) is 0 Å². The van der Waals surface area contributed by atoms with Crippen LogP contribution in [0.5, 0.6) is 0 Å².